The molecule has 0 saturated heterocycles. The highest BCUT2D eigenvalue weighted by Gasteiger charge is 2.29. The predicted molar refractivity (Wildman–Crippen MR) is 163 cm³/mol. The minimum atomic E-state index is -1.29. The van der Waals surface area contributed by atoms with Crippen molar-refractivity contribution in [3.05, 3.63) is 95.7 Å². The number of aromatic hydroxyl groups is 2. The van der Waals surface area contributed by atoms with E-state index in [2.05, 4.69) is 20.9 Å². The molecule has 0 bridgehead atoms. The van der Waals surface area contributed by atoms with Gasteiger partial charge in [-0.05, 0) is 60.4 Å². The van der Waals surface area contributed by atoms with Gasteiger partial charge in [-0.1, -0.05) is 42.5 Å². The number of hydrogen-bond acceptors (Lipinski definition) is 7. The molecule has 12 nitrogen and oxygen atoms in total. The molecule has 4 aromatic rings. The van der Waals surface area contributed by atoms with E-state index >= 15 is 0 Å². The lowest BCUT2D eigenvalue weighted by molar-refractivity contribution is -0.142. The third-order valence-corrected chi connectivity index (χ3v) is 7.20. The van der Waals surface area contributed by atoms with Crippen LogP contribution in [-0.2, 0) is 38.4 Å². The van der Waals surface area contributed by atoms with Crippen LogP contribution in [0.5, 0.6) is 11.5 Å². The van der Waals surface area contributed by atoms with Crippen LogP contribution in [0.2, 0.25) is 0 Å². The van der Waals surface area contributed by atoms with Crippen LogP contribution in [-0.4, -0.2) is 68.2 Å². The van der Waals surface area contributed by atoms with Crippen molar-refractivity contribution < 1.29 is 34.5 Å². The zero-order valence-corrected chi connectivity index (χ0v) is 24.0. The lowest BCUT2D eigenvalue weighted by Gasteiger charge is -2.24. The highest BCUT2D eigenvalue weighted by Crippen LogP contribution is 2.19. The van der Waals surface area contributed by atoms with Gasteiger partial charge in [0.25, 0.3) is 0 Å². The Balaban J connectivity index is 1.43. The second-order valence-corrected chi connectivity index (χ2v) is 10.6. The number of phenolic OH excluding ortho intramolecular Hbond substituents is 2. The van der Waals surface area contributed by atoms with Gasteiger partial charge in [0.2, 0.25) is 17.7 Å². The Bertz CT molecular complexity index is 1620. The van der Waals surface area contributed by atoms with Crippen LogP contribution in [0.3, 0.4) is 0 Å². The van der Waals surface area contributed by atoms with E-state index in [1.165, 1.54) is 31.2 Å². The first-order chi connectivity index (χ1) is 21.0. The first-order valence-electron chi connectivity index (χ1n) is 14.0. The summed E-state index contributed by atoms with van der Waals surface area (Å²) in [5.74, 6) is -3.22. The molecule has 9 N–H and O–H groups in total. The quantitative estimate of drug-likeness (QED) is 0.112. The first kappa shape index (κ1) is 31.6. The van der Waals surface area contributed by atoms with Crippen molar-refractivity contribution in [2.24, 2.45) is 5.73 Å². The first-order valence-corrected chi connectivity index (χ1v) is 14.0. The number of benzene rings is 3. The van der Waals surface area contributed by atoms with E-state index in [1.807, 2.05) is 24.3 Å². The van der Waals surface area contributed by atoms with Crippen molar-refractivity contribution in [2.75, 3.05) is 0 Å². The normalized spacial score (nSPS) is 13.8. The summed E-state index contributed by atoms with van der Waals surface area (Å²) in [7, 11) is 0. The van der Waals surface area contributed by atoms with Crippen molar-refractivity contribution >= 4 is 34.6 Å². The van der Waals surface area contributed by atoms with Gasteiger partial charge in [-0.3, -0.25) is 14.4 Å². The molecule has 0 aliphatic carbocycles. The number of H-pyrrole nitrogens is 1. The van der Waals surface area contributed by atoms with Crippen LogP contribution >= 0.6 is 0 Å². The molecule has 0 fully saturated rings. The minimum absolute atomic E-state index is 0.0221. The van der Waals surface area contributed by atoms with Crippen LogP contribution in [0.4, 0.5) is 0 Å². The fraction of sp³-hybridized carbons (Fsp3) is 0.250. The molecule has 12 heteroatoms. The number of aromatic nitrogens is 1. The highest BCUT2D eigenvalue weighted by atomic mass is 16.4. The number of nitrogens with one attached hydrogen (secondary N) is 4. The average molecular weight is 602 g/mol. The Hall–Kier alpha value is -5.36. The maximum absolute atomic E-state index is 13.4. The zero-order chi connectivity index (χ0) is 31.8. The molecule has 0 aliphatic heterocycles. The van der Waals surface area contributed by atoms with E-state index in [9.17, 15) is 34.5 Å². The number of phenols is 2. The number of nitrogens with two attached hydrogens (primary N) is 1. The van der Waals surface area contributed by atoms with Crippen molar-refractivity contribution in [3.8, 4) is 11.5 Å². The molecule has 3 aromatic carbocycles. The molecular weight excluding hydrogens is 566 g/mol. The molecule has 0 aliphatic rings. The number of hydrogen-bond donors (Lipinski definition) is 8. The van der Waals surface area contributed by atoms with Crippen molar-refractivity contribution in [2.45, 2.75) is 50.4 Å². The summed E-state index contributed by atoms with van der Waals surface area (Å²) in [4.78, 5) is 54.4. The maximum atomic E-state index is 13.4. The van der Waals surface area contributed by atoms with E-state index in [1.54, 1.807) is 30.5 Å². The number of aliphatic carboxylic acids is 1. The van der Waals surface area contributed by atoms with Gasteiger partial charge < -0.3 is 42.0 Å². The molecule has 0 saturated carbocycles. The van der Waals surface area contributed by atoms with Crippen molar-refractivity contribution in [3.63, 3.8) is 0 Å². The molecule has 4 atom stereocenters. The number of fused-ring (bicyclic) bond motifs is 1. The topological polar surface area (TPSA) is 207 Å². The van der Waals surface area contributed by atoms with E-state index in [0.29, 0.717) is 11.1 Å². The zero-order valence-electron chi connectivity index (χ0n) is 24.0. The van der Waals surface area contributed by atoms with Crippen molar-refractivity contribution in [1.82, 2.24) is 20.9 Å². The lowest BCUT2D eigenvalue weighted by Crippen LogP contribution is -2.57. The predicted octanol–water partition coefficient (Wildman–Crippen LogP) is 1.49. The molecule has 44 heavy (non-hydrogen) atoms. The molecule has 0 spiro atoms. The Morgan fingerprint density at radius 3 is 1.86 bits per heavy atom. The van der Waals surface area contributed by atoms with Gasteiger partial charge in [-0.15, -0.1) is 0 Å². The fourth-order valence-corrected chi connectivity index (χ4v) is 4.73. The van der Waals surface area contributed by atoms with E-state index in [4.69, 9.17) is 5.73 Å². The largest absolute Gasteiger partial charge is 0.508 e. The number of amides is 3. The number of aromatic amines is 1. The highest BCUT2D eigenvalue weighted by molar-refractivity contribution is 5.94. The summed E-state index contributed by atoms with van der Waals surface area (Å²) in [5, 5.41) is 37.3. The van der Waals surface area contributed by atoms with E-state index in [-0.39, 0.29) is 30.8 Å². The SMILES string of the molecule is CC(NC(=O)C(Cc1ccc(O)cc1)NC(=O)C(N)Cc1c[nH]c2ccccc12)C(=O)NC(Cc1ccc(O)cc1)C(=O)O. The van der Waals surface area contributed by atoms with Gasteiger partial charge in [0.15, 0.2) is 0 Å². The van der Waals surface area contributed by atoms with Gasteiger partial charge >= 0.3 is 5.97 Å². The van der Waals surface area contributed by atoms with Crippen LogP contribution in [0.25, 0.3) is 10.9 Å². The Morgan fingerprint density at radius 1 is 0.727 bits per heavy atom. The molecule has 1 heterocycles. The van der Waals surface area contributed by atoms with Crippen LogP contribution in [0.1, 0.15) is 23.6 Å². The smallest absolute Gasteiger partial charge is 0.326 e. The number of carbonyl (C=O) groups is 4. The molecule has 230 valence electrons. The molecule has 4 rings (SSSR count). The summed E-state index contributed by atoms with van der Waals surface area (Å²) in [6.45, 7) is 1.40. The third-order valence-electron chi connectivity index (χ3n) is 7.20. The van der Waals surface area contributed by atoms with Gasteiger partial charge in [-0.25, -0.2) is 4.79 Å². The van der Waals surface area contributed by atoms with Gasteiger partial charge in [0, 0.05) is 29.9 Å². The number of carboxylic acids is 1. The number of rotatable bonds is 13. The fourth-order valence-electron chi connectivity index (χ4n) is 4.73. The van der Waals surface area contributed by atoms with E-state index < -0.39 is 47.9 Å². The van der Waals surface area contributed by atoms with Gasteiger partial charge in [0.05, 0.1) is 6.04 Å². The monoisotopic (exact) mass is 601 g/mol. The average Bonchev–Trinajstić information content (AvgIpc) is 3.40. The summed E-state index contributed by atoms with van der Waals surface area (Å²) in [6, 6.07) is 15.0. The molecule has 3 amide bonds. The van der Waals surface area contributed by atoms with Crippen LogP contribution in [0, 0.1) is 0 Å². The van der Waals surface area contributed by atoms with Gasteiger partial charge in [0.1, 0.15) is 29.6 Å². The molecule has 0 radical (unpaired) electrons. The van der Waals surface area contributed by atoms with Gasteiger partial charge in [-0.2, -0.15) is 0 Å². The molecule has 4 unspecified atom stereocenters. The second-order valence-electron chi connectivity index (χ2n) is 10.6. The molecular formula is C32H35N5O7. The summed E-state index contributed by atoms with van der Waals surface area (Å²) in [6.07, 6.45) is 1.98. The molecule has 1 aromatic heterocycles. The Kier molecular flexibility index (Phi) is 10.2. The minimum Gasteiger partial charge on any atom is -0.508 e. The Labute approximate surface area is 253 Å². The summed E-state index contributed by atoms with van der Waals surface area (Å²) >= 11 is 0. The standard InChI is InChI=1S/C32H35N5O7/c1-18(29(40)37-28(32(43)44)15-20-8-12-23(39)13-9-20)35-31(42)27(14-19-6-10-22(38)11-7-19)36-30(41)25(33)16-21-17-34-26-5-3-2-4-24(21)26/h2-13,17-18,25,27-28,34,38-39H,14-16,33H2,1H3,(H,35,42)(H,36,41)(H,37,40)(H,43,44). The third kappa shape index (κ3) is 8.35. The maximum Gasteiger partial charge on any atom is 0.326 e. The number of carbonyl (C=O) groups excluding carboxylic acids is 3. The van der Waals surface area contributed by atoms with E-state index in [0.717, 1.165) is 16.5 Å². The summed E-state index contributed by atoms with van der Waals surface area (Å²) in [5.41, 5.74) is 9.19. The van der Waals surface area contributed by atoms with Crippen LogP contribution in [0.15, 0.2) is 79.0 Å². The number of carboxylic acid groups (broad SMARTS) is 1. The van der Waals surface area contributed by atoms with Crippen molar-refractivity contribution in [1.29, 1.82) is 0 Å². The second kappa shape index (κ2) is 14.2. The van der Waals surface area contributed by atoms with Crippen LogP contribution < -0.4 is 21.7 Å². The lowest BCUT2D eigenvalue weighted by atomic mass is 10.0. The summed E-state index contributed by atoms with van der Waals surface area (Å²) < 4.78 is 0. The number of para-hydroxylation sites is 1. The Morgan fingerprint density at radius 2 is 1.27 bits per heavy atom.